The molecule has 1 aromatic rings. The van der Waals surface area contributed by atoms with E-state index >= 15 is 0 Å². The minimum Gasteiger partial charge on any atom is -0.398 e. The maximum Gasteiger partial charge on any atom is 0.253 e. The summed E-state index contributed by atoms with van der Waals surface area (Å²) in [5.41, 5.74) is 6.85. The number of nitrogens with one attached hydrogen (secondary N) is 1. The van der Waals surface area contributed by atoms with E-state index in [0.29, 0.717) is 17.3 Å². The van der Waals surface area contributed by atoms with E-state index in [-0.39, 0.29) is 18.3 Å². The van der Waals surface area contributed by atoms with Crippen LogP contribution in [0.25, 0.3) is 0 Å². The van der Waals surface area contributed by atoms with Gasteiger partial charge in [-0.25, -0.2) is 0 Å². The van der Waals surface area contributed by atoms with Crippen molar-refractivity contribution in [3.05, 3.63) is 29.8 Å². The van der Waals surface area contributed by atoms with E-state index in [0.717, 1.165) is 18.8 Å². The van der Waals surface area contributed by atoms with Crippen LogP contribution in [-0.2, 0) is 0 Å². The maximum absolute atomic E-state index is 11.8. The lowest BCUT2D eigenvalue weighted by atomic mass is 9.82. The Bertz CT molecular complexity index is 375. The number of anilines is 1. The smallest absolute Gasteiger partial charge is 0.253 e. The summed E-state index contributed by atoms with van der Waals surface area (Å²) < 4.78 is 0. The number of amides is 1. The summed E-state index contributed by atoms with van der Waals surface area (Å²) in [4.78, 5) is 11.8. The van der Waals surface area contributed by atoms with Crippen LogP contribution in [-0.4, -0.2) is 11.9 Å². The number of hydrogen-bond donors (Lipinski definition) is 2. The molecule has 3 N–H and O–H groups in total. The predicted molar refractivity (Wildman–Crippen MR) is 67.8 cm³/mol. The van der Waals surface area contributed by atoms with Gasteiger partial charge in [0, 0.05) is 11.7 Å². The Balaban J connectivity index is 0.00000128. The largest absolute Gasteiger partial charge is 0.398 e. The Morgan fingerprint density at radius 1 is 1.38 bits per heavy atom. The van der Waals surface area contributed by atoms with Crippen LogP contribution in [0.15, 0.2) is 24.3 Å². The lowest BCUT2D eigenvalue weighted by molar-refractivity contribution is 0.0897. The Morgan fingerprint density at radius 2 is 2.00 bits per heavy atom. The van der Waals surface area contributed by atoms with Crippen molar-refractivity contribution in [1.82, 2.24) is 5.32 Å². The van der Waals surface area contributed by atoms with E-state index in [9.17, 15) is 4.79 Å². The van der Waals surface area contributed by atoms with Crippen molar-refractivity contribution >= 4 is 24.0 Å². The Morgan fingerprint density at radius 3 is 2.56 bits per heavy atom. The summed E-state index contributed by atoms with van der Waals surface area (Å²) in [5.74, 6) is 0.688. The van der Waals surface area contributed by atoms with Gasteiger partial charge in [0.05, 0.1) is 5.56 Å². The number of rotatable bonds is 2. The molecule has 2 rings (SSSR count). The molecule has 1 saturated carbocycles. The molecule has 3 nitrogen and oxygen atoms in total. The van der Waals surface area contributed by atoms with Gasteiger partial charge in [0.2, 0.25) is 0 Å². The van der Waals surface area contributed by atoms with E-state index in [1.165, 1.54) is 0 Å². The summed E-state index contributed by atoms with van der Waals surface area (Å²) in [5, 5.41) is 2.98. The van der Waals surface area contributed by atoms with Gasteiger partial charge in [-0.05, 0) is 30.9 Å². The molecule has 0 saturated heterocycles. The van der Waals surface area contributed by atoms with Gasteiger partial charge in [0.15, 0.2) is 0 Å². The summed E-state index contributed by atoms with van der Waals surface area (Å²) >= 11 is 0. The van der Waals surface area contributed by atoms with Gasteiger partial charge < -0.3 is 11.1 Å². The van der Waals surface area contributed by atoms with Crippen LogP contribution in [0.5, 0.6) is 0 Å². The third kappa shape index (κ3) is 2.67. The first-order valence-electron chi connectivity index (χ1n) is 5.32. The minimum atomic E-state index is -0.0509. The number of carbonyl (C=O) groups is 1. The van der Waals surface area contributed by atoms with Crippen LogP contribution in [0.4, 0.5) is 5.69 Å². The summed E-state index contributed by atoms with van der Waals surface area (Å²) in [6.45, 7) is 2.19. The SMILES string of the molecule is CC1CC(NC(=O)c2ccccc2N)C1.Cl. The number of hydrogen-bond acceptors (Lipinski definition) is 2. The van der Waals surface area contributed by atoms with Crippen LogP contribution >= 0.6 is 12.4 Å². The van der Waals surface area contributed by atoms with E-state index < -0.39 is 0 Å². The zero-order valence-corrected chi connectivity index (χ0v) is 10.1. The Kier molecular flexibility index (Phi) is 4.19. The molecule has 0 unspecified atom stereocenters. The number of para-hydroxylation sites is 1. The quantitative estimate of drug-likeness (QED) is 0.779. The molecular formula is C12H17ClN2O. The number of nitrogen functional groups attached to an aromatic ring is 1. The van der Waals surface area contributed by atoms with Gasteiger partial charge in [0.1, 0.15) is 0 Å². The molecule has 0 aromatic heterocycles. The first-order chi connectivity index (χ1) is 7.16. The fourth-order valence-corrected chi connectivity index (χ4v) is 1.99. The van der Waals surface area contributed by atoms with Crippen molar-refractivity contribution < 1.29 is 4.79 Å². The molecule has 88 valence electrons. The van der Waals surface area contributed by atoms with Crippen molar-refractivity contribution in [1.29, 1.82) is 0 Å². The van der Waals surface area contributed by atoms with Crippen LogP contribution in [0.1, 0.15) is 30.1 Å². The standard InChI is InChI=1S/C12H16N2O.ClH/c1-8-6-9(7-8)14-12(15)10-4-2-3-5-11(10)13;/h2-5,8-9H,6-7,13H2,1H3,(H,14,15);1H. The second kappa shape index (κ2) is 5.21. The molecule has 0 bridgehead atoms. The molecule has 4 heteroatoms. The highest BCUT2D eigenvalue weighted by Gasteiger charge is 2.27. The molecule has 0 heterocycles. The Hall–Kier alpha value is -1.22. The second-order valence-electron chi connectivity index (χ2n) is 4.33. The monoisotopic (exact) mass is 240 g/mol. The number of benzene rings is 1. The molecule has 16 heavy (non-hydrogen) atoms. The summed E-state index contributed by atoms with van der Waals surface area (Å²) in [6.07, 6.45) is 2.16. The average Bonchev–Trinajstić information content (AvgIpc) is 2.16. The first-order valence-corrected chi connectivity index (χ1v) is 5.32. The lowest BCUT2D eigenvalue weighted by Gasteiger charge is -2.33. The zero-order chi connectivity index (χ0) is 10.8. The van der Waals surface area contributed by atoms with Gasteiger partial charge in [-0.3, -0.25) is 4.79 Å². The number of halogens is 1. The van der Waals surface area contributed by atoms with Crippen LogP contribution < -0.4 is 11.1 Å². The highest BCUT2D eigenvalue weighted by molar-refractivity contribution is 5.99. The van der Waals surface area contributed by atoms with Crippen molar-refractivity contribution in [2.75, 3.05) is 5.73 Å². The highest BCUT2D eigenvalue weighted by atomic mass is 35.5. The zero-order valence-electron chi connectivity index (χ0n) is 9.27. The van der Waals surface area contributed by atoms with E-state index in [1.54, 1.807) is 12.1 Å². The van der Waals surface area contributed by atoms with Crippen molar-refractivity contribution in [2.24, 2.45) is 5.92 Å². The molecule has 0 atom stereocenters. The number of carbonyl (C=O) groups excluding carboxylic acids is 1. The topological polar surface area (TPSA) is 55.1 Å². The molecule has 1 fully saturated rings. The molecule has 0 spiro atoms. The molecule has 0 radical (unpaired) electrons. The van der Waals surface area contributed by atoms with Crippen LogP contribution in [0.2, 0.25) is 0 Å². The van der Waals surface area contributed by atoms with Crippen molar-refractivity contribution in [3.63, 3.8) is 0 Å². The number of nitrogens with two attached hydrogens (primary N) is 1. The fourth-order valence-electron chi connectivity index (χ4n) is 1.99. The highest BCUT2D eigenvalue weighted by Crippen LogP contribution is 2.26. The molecule has 1 aliphatic rings. The van der Waals surface area contributed by atoms with Crippen molar-refractivity contribution in [2.45, 2.75) is 25.8 Å². The fraction of sp³-hybridized carbons (Fsp3) is 0.417. The normalized spacial score (nSPS) is 22.8. The lowest BCUT2D eigenvalue weighted by Crippen LogP contribution is -2.43. The van der Waals surface area contributed by atoms with E-state index in [1.807, 2.05) is 12.1 Å². The minimum absolute atomic E-state index is 0. The first kappa shape index (κ1) is 12.8. The molecule has 1 amide bonds. The van der Waals surface area contributed by atoms with Gasteiger partial charge in [-0.2, -0.15) is 0 Å². The average molecular weight is 241 g/mol. The second-order valence-corrected chi connectivity index (χ2v) is 4.33. The van der Waals surface area contributed by atoms with Crippen LogP contribution in [0, 0.1) is 5.92 Å². The molecule has 0 aliphatic heterocycles. The molecule has 1 aromatic carbocycles. The Labute approximate surface area is 102 Å². The predicted octanol–water partition coefficient (Wildman–Crippen LogP) is 2.22. The van der Waals surface area contributed by atoms with Crippen molar-refractivity contribution in [3.8, 4) is 0 Å². The van der Waals surface area contributed by atoms with Crippen LogP contribution in [0.3, 0.4) is 0 Å². The molecule has 1 aliphatic carbocycles. The van der Waals surface area contributed by atoms with Gasteiger partial charge >= 0.3 is 0 Å². The maximum atomic E-state index is 11.8. The third-order valence-corrected chi connectivity index (χ3v) is 2.91. The van der Waals surface area contributed by atoms with Gasteiger partial charge in [0.25, 0.3) is 5.91 Å². The van der Waals surface area contributed by atoms with Gasteiger partial charge in [-0.1, -0.05) is 19.1 Å². The van der Waals surface area contributed by atoms with E-state index in [4.69, 9.17) is 5.73 Å². The van der Waals surface area contributed by atoms with E-state index in [2.05, 4.69) is 12.2 Å². The summed E-state index contributed by atoms with van der Waals surface area (Å²) in [7, 11) is 0. The molecular weight excluding hydrogens is 224 g/mol. The van der Waals surface area contributed by atoms with Gasteiger partial charge in [-0.15, -0.1) is 12.4 Å². The summed E-state index contributed by atoms with van der Waals surface area (Å²) in [6, 6.07) is 7.50. The third-order valence-electron chi connectivity index (χ3n) is 2.91.